The molecule has 0 radical (unpaired) electrons. The maximum absolute atomic E-state index is 4.26. The third-order valence-corrected chi connectivity index (χ3v) is 2.47. The summed E-state index contributed by atoms with van der Waals surface area (Å²) < 4.78 is 2.08. The summed E-state index contributed by atoms with van der Waals surface area (Å²) in [5, 5.41) is 1.08. The maximum atomic E-state index is 4.26. The van der Waals surface area contributed by atoms with Crippen LogP contribution in [0.1, 0.15) is 0 Å². The molecule has 3 aromatic rings. The standard InChI is InChI=1S/C10H8N4/c1-14-8-2-3-11-4-7(8)10-9(14)5-12-6-13-10/h2-6H,1H3. The van der Waals surface area contributed by atoms with Crippen LogP contribution in [0.15, 0.2) is 31.0 Å². The van der Waals surface area contributed by atoms with Gasteiger partial charge in [-0.15, -0.1) is 0 Å². The third kappa shape index (κ3) is 0.797. The Kier molecular flexibility index (Phi) is 1.33. The quantitative estimate of drug-likeness (QED) is 0.532. The SMILES string of the molecule is Cn1c2ccncc2c2ncncc21. The van der Waals surface area contributed by atoms with Crippen LogP contribution in [-0.4, -0.2) is 19.5 Å². The molecule has 3 rings (SSSR count). The van der Waals surface area contributed by atoms with Gasteiger partial charge in [0.25, 0.3) is 0 Å². The number of aromatic nitrogens is 4. The second kappa shape index (κ2) is 2.51. The van der Waals surface area contributed by atoms with Gasteiger partial charge >= 0.3 is 0 Å². The van der Waals surface area contributed by atoms with Crippen molar-refractivity contribution in [3.05, 3.63) is 31.0 Å². The average Bonchev–Trinajstić information content (AvgIpc) is 2.55. The van der Waals surface area contributed by atoms with E-state index in [2.05, 4.69) is 19.5 Å². The number of pyridine rings is 1. The lowest BCUT2D eigenvalue weighted by molar-refractivity contribution is 1.00. The van der Waals surface area contributed by atoms with Crippen LogP contribution in [0.3, 0.4) is 0 Å². The fourth-order valence-electron chi connectivity index (χ4n) is 1.77. The highest BCUT2D eigenvalue weighted by molar-refractivity contribution is 6.04. The molecule has 0 spiro atoms. The predicted octanol–water partition coefficient (Wildman–Crippen LogP) is 1.52. The molecule has 4 nitrogen and oxygen atoms in total. The number of nitrogens with zero attached hydrogens (tertiary/aromatic N) is 4. The van der Waals surface area contributed by atoms with Gasteiger partial charge in [-0.2, -0.15) is 0 Å². The molecule has 3 aromatic heterocycles. The summed E-state index contributed by atoms with van der Waals surface area (Å²) in [5.41, 5.74) is 3.14. The molecule has 0 aromatic carbocycles. The Balaban J connectivity index is 2.69. The lowest BCUT2D eigenvalue weighted by atomic mass is 10.3. The molecule has 0 fully saturated rings. The zero-order chi connectivity index (χ0) is 9.54. The van der Waals surface area contributed by atoms with E-state index in [0.717, 1.165) is 21.9 Å². The van der Waals surface area contributed by atoms with E-state index < -0.39 is 0 Å². The van der Waals surface area contributed by atoms with E-state index in [-0.39, 0.29) is 0 Å². The summed E-state index contributed by atoms with van der Waals surface area (Å²) >= 11 is 0. The Morgan fingerprint density at radius 2 is 2.07 bits per heavy atom. The van der Waals surface area contributed by atoms with Crippen LogP contribution in [0, 0.1) is 0 Å². The van der Waals surface area contributed by atoms with Crippen molar-refractivity contribution in [2.45, 2.75) is 0 Å². The molecule has 0 bridgehead atoms. The summed E-state index contributed by atoms with van der Waals surface area (Å²) in [6.07, 6.45) is 7.01. The molecule has 3 heterocycles. The van der Waals surface area contributed by atoms with Gasteiger partial charge in [-0.3, -0.25) is 4.98 Å². The van der Waals surface area contributed by atoms with Crippen LogP contribution in [0.5, 0.6) is 0 Å². The van der Waals surface area contributed by atoms with Crippen molar-refractivity contribution in [1.29, 1.82) is 0 Å². The Hall–Kier alpha value is -1.97. The van der Waals surface area contributed by atoms with E-state index >= 15 is 0 Å². The number of hydrogen-bond donors (Lipinski definition) is 0. The Labute approximate surface area is 80.2 Å². The Bertz CT molecular complexity index is 558. The van der Waals surface area contributed by atoms with E-state index in [1.807, 2.05) is 25.5 Å². The first-order chi connectivity index (χ1) is 6.88. The minimum Gasteiger partial charge on any atom is -0.341 e. The first-order valence-electron chi connectivity index (χ1n) is 4.36. The Morgan fingerprint density at radius 3 is 3.00 bits per heavy atom. The van der Waals surface area contributed by atoms with E-state index in [0.29, 0.717) is 0 Å². The number of fused-ring (bicyclic) bond motifs is 3. The van der Waals surface area contributed by atoms with Crippen molar-refractivity contribution in [3.8, 4) is 0 Å². The van der Waals surface area contributed by atoms with Crippen LogP contribution in [0.2, 0.25) is 0 Å². The smallest absolute Gasteiger partial charge is 0.116 e. The van der Waals surface area contributed by atoms with Crippen LogP contribution >= 0.6 is 0 Å². The molecule has 0 atom stereocenters. The normalized spacial score (nSPS) is 11.2. The Morgan fingerprint density at radius 1 is 1.14 bits per heavy atom. The summed E-state index contributed by atoms with van der Waals surface area (Å²) in [5.74, 6) is 0. The molecule has 0 aliphatic rings. The highest BCUT2D eigenvalue weighted by atomic mass is 15.0. The summed E-state index contributed by atoms with van der Waals surface area (Å²) in [6, 6.07) is 1.98. The second-order valence-corrected chi connectivity index (χ2v) is 3.21. The van der Waals surface area contributed by atoms with Gasteiger partial charge in [-0.25, -0.2) is 9.97 Å². The highest BCUT2D eigenvalue weighted by Crippen LogP contribution is 2.23. The van der Waals surface area contributed by atoms with Crippen LogP contribution in [-0.2, 0) is 7.05 Å². The van der Waals surface area contributed by atoms with Gasteiger partial charge in [0.2, 0.25) is 0 Å². The molecule has 0 amide bonds. The maximum Gasteiger partial charge on any atom is 0.116 e. The zero-order valence-electron chi connectivity index (χ0n) is 7.68. The monoisotopic (exact) mass is 184 g/mol. The fourth-order valence-corrected chi connectivity index (χ4v) is 1.77. The molecular formula is C10H8N4. The lowest BCUT2D eigenvalue weighted by Gasteiger charge is -1.94. The zero-order valence-corrected chi connectivity index (χ0v) is 7.68. The predicted molar refractivity (Wildman–Crippen MR) is 53.8 cm³/mol. The molecule has 0 aliphatic carbocycles. The third-order valence-electron chi connectivity index (χ3n) is 2.47. The summed E-state index contributed by atoms with van der Waals surface area (Å²) in [6.45, 7) is 0. The van der Waals surface area contributed by atoms with Gasteiger partial charge in [0.1, 0.15) is 11.8 Å². The number of rotatable bonds is 0. The summed E-state index contributed by atoms with van der Waals surface area (Å²) in [4.78, 5) is 12.4. The van der Waals surface area contributed by atoms with Gasteiger partial charge in [-0.1, -0.05) is 0 Å². The van der Waals surface area contributed by atoms with Gasteiger partial charge in [0, 0.05) is 24.8 Å². The molecule has 0 saturated heterocycles. The minimum absolute atomic E-state index is 0.964. The van der Waals surface area contributed by atoms with Crippen LogP contribution in [0.4, 0.5) is 0 Å². The molecular weight excluding hydrogens is 176 g/mol. The van der Waals surface area contributed by atoms with Gasteiger partial charge in [0.15, 0.2) is 0 Å². The molecule has 68 valence electrons. The van der Waals surface area contributed by atoms with Crippen molar-refractivity contribution in [2.75, 3.05) is 0 Å². The highest BCUT2D eigenvalue weighted by Gasteiger charge is 2.07. The number of hydrogen-bond acceptors (Lipinski definition) is 3. The fraction of sp³-hybridized carbons (Fsp3) is 0.100. The molecule has 0 N–H and O–H groups in total. The van der Waals surface area contributed by atoms with Crippen molar-refractivity contribution in [3.63, 3.8) is 0 Å². The van der Waals surface area contributed by atoms with Crippen molar-refractivity contribution in [1.82, 2.24) is 19.5 Å². The van der Waals surface area contributed by atoms with Crippen LogP contribution < -0.4 is 0 Å². The second-order valence-electron chi connectivity index (χ2n) is 3.21. The van der Waals surface area contributed by atoms with E-state index in [1.54, 1.807) is 12.5 Å². The molecule has 0 unspecified atom stereocenters. The summed E-state index contributed by atoms with van der Waals surface area (Å²) in [7, 11) is 2.01. The minimum atomic E-state index is 0.964. The van der Waals surface area contributed by atoms with Crippen molar-refractivity contribution in [2.24, 2.45) is 7.05 Å². The van der Waals surface area contributed by atoms with E-state index in [4.69, 9.17) is 0 Å². The van der Waals surface area contributed by atoms with E-state index in [9.17, 15) is 0 Å². The first kappa shape index (κ1) is 7.44. The van der Waals surface area contributed by atoms with Crippen molar-refractivity contribution < 1.29 is 0 Å². The van der Waals surface area contributed by atoms with Crippen LogP contribution in [0.25, 0.3) is 21.9 Å². The van der Waals surface area contributed by atoms with E-state index in [1.165, 1.54) is 0 Å². The van der Waals surface area contributed by atoms with Gasteiger partial charge < -0.3 is 4.57 Å². The van der Waals surface area contributed by atoms with Crippen molar-refractivity contribution >= 4 is 21.9 Å². The van der Waals surface area contributed by atoms with Gasteiger partial charge in [-0.05, 0) is 6.07 Å². The molecule has 0 aliphatic heterocycles. The molecule has 4 heteroatoms. The van der Waals surface area contributed by atoms with Gasteiger partial charge in [0.05, 0.1) is 17.2 Å². The number of aryl methyl sites for hydroxylation is 1. The largest absolute Gasteiger partial charge is 0.341 e. The molecule has 14 heavy (non-hydrogen) atoms. The topological polar surface area (TPSA) is 43.6 Å². The molecule has 0 saturated carbocycles. The average molecular weight is 184 g/mol. The lowest BCUT2D eigenvalue weighted by Crippen LogP contribution is -1.87. The first-order valence-corrected chi connectivity index (χ1v) is 4.36.